The monoisotopic (exact) mass is 499 g/mol. The number of rotatable bonds is 8. The second-order valence-electron chi connectivity index (χ2n) is 7.03. The van der Waals surface area contributed by atoms with Crippen LogP contribution in [0.3, 0.4) is 0 Å². The molecule has 1 aromatic heterocycles. The minimum atomic E-state index is -3.77. The average Bonchev–Trinajstić information content (AvgIpc) is 3.31. The number of nitrogens with one attached hydrogen (secondary N) is 1. The molecule has 0 radical (unpaired) electrons. The first-order valence-corrected chi connectivity index (χ1v) is 12.3. The first kappa shape index (κ1) is 23.3. The van der Waals surface area contributed by atoms with E-state index in [4.69, 9.17) is 9.47 Å². The normalized spacial score (nSPS) is 11.1. The van der Waals surface area contributed by atoms with Gasteiger partial charge < -0.3 is 14.8 Å². The summed E-state index contributed by atoms with van der Waals surface area (Å²) in [5.74, 6) is 0.00965. The molecule has 34 heavy (non-hydrogen) atoms. The highest BCUT2D eigenvalue weighted by Crippen LogP contribution is 2.29. The topological polar surface area (TPSA) is 107 Å². The van der Waals surface area contributed by atoms with E-state index in [2.05, 4.69) is 15.5 Å². The predicted molar refractivity (Wildman–Crippen MR) is 125 cm³/mol. The molecule has 0 aliphatic rings. The molecule has 0 atom stereocenters. The third-order valence-electron chi connectivity index (χ3n) is 4.59. The number of carbonyl (C=O) groups excluding carboxylic acids is 1. The molecule has 8 nitrogen and oxygen atoms in total. The average molecular weight is 500 g/mol. The van der Waals surface area contributed by atoms with Crippen molar-refractivity contribution in [3.63, 3.8) is 0 Å². The first-order valence-electron chi connectivity index (χ1n) is 9.86. The number of amides is 1. The molecule has 1 N–H and O–H groups in total. The zero-order valence-corrected chi connectivity index (χ0v) is 19.4. The summed E-state index contributed by atoms with van der Waals surface area (Å²) in [4.78, 5) is 12.3. The van der Waals surface area contributed by atoms with Crippen molar-refractivity contribution in [2.24, 2.45) is 0 Å². The van der Waals surface area contributed by atoms with Crippen molar-refractivity contribution in [1.29, 1.82) is 0 Å². The molecule has 0 saturated carbocycles. The van der Waals surface area contributed by atoms with E-state index in [0.29, 0.717) is 28.3 Å². The predicted octanol–water partition coefficient (Wildman–Crippen LogP) is 4.70. The third kappa shape index (κ3) is 5.74. The van der Waals surface area contributed by atoms with Crippen molar-refractivity contribution >= 4 is 32.8 Å². The number of methoxy groups -OCH3 is 1. The van der Waals surface area contributed by atoms with Crippen LogP contribution in [0.25, 0.3) is 0 Å². The molecule has 4 rings (SSSR count). The summed E-state index contributed by atoms with van der Waals surface area (Å²) >= 11 is 0.820. The zero-order chi connectivity index (χ0) is 24.1. The first-order chi connectivity index (χ1) is 16.3. The van der Waals surface area contributed by atoms with Gasteiger partial charge in [0.15, 0.2) is 0 Å². The van der Waals surface area contributed by atoms with Gasteiger partial charge in [0.25, 0.3) is 5.91 Å². The Balaban J connectivity index is 1.39. The molecule has 11 heteroatoms. The lowest BCUT2D eigenvalue weighted by Crippen LogP contribution is -2.12. The minimum absolute atomic E-state index is 0.0940. The Labute approximate surface area is 198 Å². The third-order valence-corrected chi connectivity index (χ3v) is 7.53. The van der Waals surface area contributed by atoms with Gasteiger partial charge in [-0.1, -0.05) is 17.2 Å². The van der Waals surface area contributed by atoms with Gasteiger partial charge in [0.1, 0.15) is 17.3 Å². The Hall–Kier alpha value is -3.83. The summed E-state index contributed by atoms with van der Waals surface area (Å²) < 4.78 is 49.0. The maximum atomic E-state index is 13.0. The molecule has 0 aliphatic carbocycles. The van der Waals surface area contributed by atoms with Crippen LogP contribution in [-0.2, 0) is 15.6 Å². The van der Waals surface area contributed by atoms with Crippen LogP contribution < -0.4 is 14.8 Å². The smallest absolute Gasteiger partial charge is 0.300 e. The Bertz CT molecular complexity index is 1390. The van der Waals surface area contributed by atoms with E-state index in [-0.39, 0.29) is 15.3 Å². The molecule has 1 amide bonds. The number of sulfone groups is 1. The summed E-state index contributed by atoms with van der Waals surface area (Å²) in [6.07, 6.45) is 0. The van der Waals surface area contributed by atoms with Crippen LogP contribution >= 0.6 is 11.3 Å². The molecular weight excluding hydrogens is 481 g/mol. The summed E-state index contributed by atoms with van der Waals surface area (Å²) in [5.41, 5.74) is 1.25. The number of hydrogen-bond donors (Lipinski definition) is 1. The van der Waals surface area contributed by atoms with Gasteiger partial charge in [0, 0.05) is 11.3 Å². The van der Waals surface area contributed by atoms with Gasteiger partial charge in [-0.05, 0) is 77.6 Å². The van der Waals surface area contributed by atoms with Gasteiger partial charge in [-0.2, -0.15) is 0 Å². The standard InChI is InChI=1S/C23H18FN3O5S2/c1-31-19-10-12-20(13-11-19)32-22-26-27-23(33-22)34(29,30)14-15-2-4-16(5-3-15)21(28)25-18-8-6-17(24)7-9-18/h2-13H,14H2,1H3,(H,25,28). The Kier molecular flexibility index (Phi) is 6.85. The molecule has 0 spiro atoms. The SMILES string of the molecule is COc1ccc(Oc2nnc(S(=O)(=O)Cc3ccc(C(=O)Nc4ccc(F)cc4)cc3)s2)cc1. The van der Waals surface area contributed by atoms with E-state index >= 15 is 0 Å². The molecule has 0 fully saturated rings. The van der Waals surface area contributed by atoms with Crippen molar-refractivity contribution in [3.8, 4) is 16.7 Å². The van der Waals surface area contributed by atoms with Gasteiger partial charge in [0.2, 0.25) is 14.2 Å². The van der Waals surface area contributed by atoms with Gasteiger partial charge >= 0.3 is 5.19 Å². The summed E-state index contributed by atoms with van der Waals surface area (Å²) in [5, 5.41) is 10.3. The number of carbonyl (C=O) groups is 1. The molecule has 0 saturated heterocycles. The largest absolute Gasteiger partial charge is 0.497 e. The molecular formula is C23H18FN3O5S2. The highest BCUT2D eigenvalue weighted by Gasteiger charge is 2.22. The number of anilines is 1. The maximum Gasteiger partial charge on any atom is 0.300 e. The van der Waals surface area contributed by atoms with Crippen LogP contribution in [0.2, 0.25) is 0 Å². The molecule has 3 aromatic carbocycles. The van der Waals surface area contributed by atoms with Gasteiger partial charge in [0.05, 0.1) is 12.9 Å². The van der Waals surface area contributed by atoms with Crippen LogP contribution in [-0.4, -0.2) is 31.6 Å². The fourth-order valence-electron chi connectivity index (χ4n) is 2.88. The van der Waals surface area contributed by atoms with Crippen molar-refractivity contribution < 1.29 is 27.1 Å². The van der Waals surface area contributed by atoms with Crippen molar-refractivity contribution in [1.82, 2.24) is 10.2 Å². The fourth-order valence-corrected chi connectivity index (χ4v) is 5.15. The van der Waals surface area contributed by atoms with E-state index in [1.165, 1.54) is 36.4 Å². The number of ether oxygens (including phenoxy) is 2. The molecule has 4 aromatic rings. The lowest BCUT2D eigenvalue weighted by molar-refractivity contribution is 0.102. The van der Waals surface area contributed by atoms with Crippen molar-refractivity contribution in [3.05, 3.63) is 89.7 Å². The van der Waals surface area contributed by atoms with E-state index in [0.717, 1.165) is 11.3 Å². The van der Waals surface area contributed by atoms with E-state index in [9.17, 15) is 17.6 Å². The molecule has 0 unspecified atom stereocenters. The Morgan fingerprint density at radius 1 is 0.941 bits per heavy atom. The lowest BCUT2D eigenvalue weighted by Gasteiger charge is -2.06. The summed E-state index contributed by atoms with van der Waals surface area (Å²) in [6, 6.07) is 18.3. The van der Waals surface area contributed by atoms with E-state index < -0.39 is 21.6 Å². The number of aromatic nitrogens is 2. The Morgan fingerprint density at radius 3 is 2.24 bits per heavy atom. The quantitative estimate of drug-likeness (QED) is 0.374. The van der Waals surface area contributed by atoms with Crippen LogP contribution in [0.15, 0.2) is 77.1 Å². The van der Waals surface area contributed by atoms with Crippen LogP contribution in [0, 0.1) is 5.82 Å². The highest BCUT2D eigenvalue weighted by molar-refractivity contribution is 7.92. The summed E-state index contributed by atoms with van der Waals surface area (Å²) in [6.45, 7) is 0. The Morgan fingerprint density at radius 2 is 1.59 bits per heavy atom. The lowest BCUT2D eigenvalue weighted by atomic mass is 10.1. The van der Waals surface area contributed by atoms with Gasteiger partial charge in [-0.3, -0.25) is 4.79 Å². The molecule has 174 valence electrons. The van der Waals surface area contributed by atoms with Gasteiger partial charge in [-0.15, -0.1) is 5.10 Å². The van der Waals surface area contributed by atoms with Crippen LogP contribution in [0.1, 0.15) is 15.9 Å². The van der Waals surface area contributed by atoms with Crippen molar-refractivity contribution in [2.45, 2.75) is 10.1 Å². The van der Waals surface area contributed by atoms with E-state index in [1.54, 1.807) is 43.5 Å². The second kappa shape index (κ2) is 9.98. The summed E-state index contributed by atoms with van der Waals surface area (Å²) in [7, 11) is -2.22. The number of nitrogens with zero attached hydrogens (tertiary/aromatic N) is 2. The maximum absolute atomic E-state index is 13.0. The molecule has 0 aliphatic heterocycles. The van der Waals surface area contributed by atoms with Crippen LogP contribution in [0.5, 0.6) is 16.7 Å². The number of benzene rings is 3. The highest BCUT2D eigenvalue weighted by atomic mass is 32.2. The van der Waals surface area contributed by atoms with Gasteiger partial charge in [-0.25, -0.2) is 12.8 Å². The van der Waals surface area contributed by atoms with Crippen molar-refractivity contribution in [2.75, 3.05) is 12.4 Å². The van der Waals surface area contributed by atoms with E-state index in [1.807, 2.05) is 0 Å². The molecule has 1 heterocycles. The zero-order valence-electron chi connectivity index (χ0n) is 17.8. The number of halogens is 1. The fraction of sp³-hybridized carbons (Fsp3) is 0.0870. The minimum Gasteiger partial charge on any atom is -0.497 e. The van der Waals surface area contributed by atoms with Crippen LogP contribution in [0.4, 0.5) is 10.1 Å². The molecule has 0 bridgehead atoms. The second-order valence-corrected chi connectivity index (χ2v) is 10.1. The number of hydrogen-bond acceptors (Lipinski definition) is 8.